The fourth-order valence-electron chi connectivity index (χ4n) is 3.88. The van der Waals surface area contributed by atoms with Crippen LogP contribution in [0.2, 0.25) is 5.02 Å². The average Bonchev–Trinajstić information content (AvgIpc) is 3.01. The van der Waals surface area contributed by atoms with Gasteiger partial charge in [0.2, 0.25) is 0 Å². The summed E-state index contributed by atoms with van der Waals surface area (Å²) < 4.78 is 39.3. The van der Waals surface area contributed by atoms with Crippen LogP contribution in [-0.2, 0) is 21.4 Å². The van der Waals surface area contributed by atoms with Crippen LogP contribution in [0.3, 0.4) is 0 Å². The third-order valence-corrected chi connectivity index (χ3v) is 7.97. The molecule has 0 bridgehead atoms. The number of non-ortho nitro benzene ring substituents is 1. The van der Waals surface area contributed by atoms with Gasteiger partial charge in [0.25, 0.3) is 21.6 Å². The Morgan fingerprint density at radius 3 is 2.42 bits per heavy atom. The summed E-state index contributed by atoms with van der Waals surface area (Å²) in [5.41, 5.74) is 3.45. The molecule has 0 aromatic heterocycles. The number of nitro benzene ring substituents is 1. The first-order valence-corrected chi connectivity index (χ1v) is 14.8. The number of sulfonamides is 1. The molecule has 11 nitrogen and oxygen atoms in total. The molecule has 1 amide bonds. The first-order chi connectivity index (χ1) is 20.7. The maximum Gasteiger partial charge on any atom is 0.271 e. The van der Waals surface area contributed by atoms with Gasteiger partial charge in [-0.2, -0.15) is 5.10 Å². The van der Waals surface area contributed by atoms with Crippen molar-refractivity contribution in [3.63, 3.8) is 0 Å². The van der Waals surface area contributed by atoms with Gasteiger partial charge in [0, 0.05) is 17.2 Å². The smallest absolute Gasteiger partial charge is 0.271 e. The van der Waals surface area contributed by atoms with Crippen molar-refractivity contribution in [2.24, 2.45) is 5.10 Å². The quantitative estimate of drug-likeness (QED) is 0.117. The van der Waals surface area contributed by atoms with E-state index < -0.39 is 27.4 Å². The van der Waals surface area contributed by atoms with Crippen LogP contribution < -0.4 is 19.2 Å². The summed E-state index contributed by atoms with van der Waals surface area (Å²) in [4.78, 5) is 23.4. The minimum Gasteiger partial charge on any atom is -0.490 e. The summed E-state index contributed by atoms with van der Waals surface area (Å²) >= 11 is 5.94. The number of anilines is 1. The largest absolute Gasteiger partial charge is 0.490 e. The van der Waals surface area contributed by atoms with Crippen LogP contribution in [-0.4, -0.2) is 38.6 Å². The molecule has 0 saturated carbocycles. The van der Waals surface area contributed by atoms with E-state index in [-0.39, 0.29) is 16.3 Å². The summed E-state index contributed by atoms with van der Waals surface area (Å²) in [6, 6.07) is 24.9. The van der Waals surface area contributed by atoms with E-state index >= 15 is 0 Å². The standard InChI is InChI=1S/C30H27ClN4O7S/c1-2-41-29-17-23(13-16-28(29)42-21-22-11-14-24(31)15-12-22)19-32-33-30(36)20-34(25-7-6-8-26(18-25)35(37)38)43(39,40)27-9-4-3-5-10-27/h3-19H,2,20-21H2,1H3,(H,33,36)/b32-19-. The lowest BCUT2D eigenvalue weighted by Crippen LogP contribution is -2.39. The molecule has 0 aliphatic carbocycles. The van der Waals surface area contributed by atoms with E-state index in [4.69, 9.17) is 21.1 Å². The summed E-state index contributed by atoms with van der Waals surface area (Å²) in [6.07, 6.45) is 1.37. The van der Waals surface area contributed by atoms with Crippen molar-refractivity contribution < 1.29 is 27.6 Å². The van der Waals surface area contributed by atoms with Gasteiger partial charge < -0.3 is 9.47 Å². The molecule has 0 heterocycles. The van der Waals surface area contributed by atoms with Crippen LogP contribution in [0, 0.1) is 10.1 Å². The summed E-state index contributed by atoms with van der Waals surface area (Å²) in [5.74, 6) is 0.212. The number of carbonyl (C=O) groups is 1. The zero-order valence-electron chi connectivity index (χ0n) is 22.9. The van der Waals surface area contributed by atoms with E-state index in [1.54, 1.807) is 36.4 Å². The number of nitrogens with zero attached hydrogens (tertiary/aromatic N) is 3. The molecular formula is C30H27ClN4O7S. The van der Waals surface area contributed by atoms with E-state index in [1.807, 2.05) is 19.1 Å². The molecule has 1 N–H and O–H groups in total. The van der Waals surface area contributed by atoms with Crippen molar-refractivity contribution in [1.82, 2.24) is 5.43 Å². The van der Waals surface area contributed by atoms with Gasteiger partial charge in [-0.05, 0) is 66.6 Å². The lowest BCUT2D eigenvalue weighted by molar-refractivity contribution is -0.384. The number of hydrazone groups is 1. The lowest BCUT2D eigenvalue weighted by Gasteiger charge is -2.23. The molecule has 0 unspecified atom stereocenters. The van der Waals surface area contributed by atoms with E-state index in [2.05, 4.69) is 10.5 Å². The molecule has 222 valence electrons. The highest BCUT2D eigenvalue weighted by atomic mass is 35.5. The molecule has 0 aliphatic rings. The number of ether oxygens (including phenoxy) is 2. The van der Waals surface area contributed by atoms with Crippen LogP contribution >= 0.6 is 11.6 Å². The molecule has 4 aromatic carbocycles. The Bertz CT molecular complexity index is 1720. The Labute approximate surface area is 253 Å². The minimum atomic E-state index is -4.25. The second kappa shape index (κ2) is 14.3. The number of benzene rings is 4. The topological polar surface area (TPSA) is 140 Å². The van der Waals surface area contributed by atoms with Crippen molar-refractivity contribution in [3.05, 3.63) is 123 Å². The third-order valence-electron chi connectivity index (χ3n) is 5.93. The average molecular weight is 623 g/mol. The predicted octanol–water partition coefficient (Wildman–Crippen LogP) is 5.57. The number of hydrogen-bond acceptors (Lipinski definition) is 8. The Hall–Kier alpha value is -4.94. The maximum absolute atomic E-state index is 13.4. The monoisotopic (exact) mass is 622 g/mol. The SMILES string of the molecule is CCOc1cc(/C=N\NC(=O)CN(c2cccc([N+](=O)[O-])c2)S(=O)(=O)c2ccccc2)ccc1OCc1ccc(Cl)cc1. The minimum absolute atomic E-state index is 0.0484. The van der Waals surface area contributed by atoms with Gasteiger partial charge in [-0.3, -0.25) is 19.2 Å². The molecule has 4 aromatic rings. The maximum atomic E-state index is 13.4. The molecule has 4 rings (SSSR count). The molecule has 0 fully saturated rings. The molecule has 0 spiro atoms. The van der Waals surface area contributed by atoms with Gasteiger partial charge in [-0.25, -0.2) is 13.8 Å². The predicted molar refractivity (Wildman–Crippen MR) is 163 cm³/mol. The van der Waals surface area contributed by atoms with E-state index in [0.717, 1.165) is 15.9 Å². The number of carbonyl (C=O) groups excluding carboxylic acids is 1. The molecule has 43 heavy (non-hydrogen) atoms. The first kappa shape index (κ1) is 31.0. The van der Waals surface area contributed by atoms with Crippen molar-refractivity contribution in [3.8, 4) is 11.5 Å². The third kappa shape index (κ3) is 8.31. The van der Waals surface area contributed by atoms with E-state index in [1.165, 1.54) is 48.7 Å². The van der Waals surface area contributed by atoms with Crippen LogP contribution in [0.4, 0.5) is 11.4 Å². The number of hydrogen-bond donors (Lipinski definition) is 1. The molecule has 0 atom stereocenters. The van der Waals surface area contributed by atoms with Gasteiger partial charge in [0.1, 0.15) is 13.2 Å². The fraction of sp³-hybridized carbons (Fsp3) is 0.133. The van der Waals surface area contributed by atoms with Crippen molar-refractivity contribution in [2.45, 2.75) is 18.4 Å². The van der Waals surface area contributed by atoms with E-state index in [9.17, 15) is 23.3 Å². The Morgan fingerprint density at radius 1 is 0.977 bits per heavy atom. The van der Waals surface area contributed by atoms with Gasteiger partial charge in [0.15, 0.2) is 11.5 Å². The first-order valence-electron chi connectivity index (χ1n) is 13.0. The Morgan fingerprint density at radius 2 is 1.72 bits per heavy atom. The number of amides is 1. The zero-order valence-corrected chi connectivity index (χ0v) is 24.5. The van der Waals surface area contributed by atoms with E-state index in [0.29, 0.717) is 35.3 Å². The van der Waals surface area contributed by atoms with Gasteiger partial charge in [0.05, 0.1) is 28.3 Å². The second-order valence-corrected chi connectivity index (χ2v) is 11.2. The van der Waals surface area contributed by atoms with Gasteiger partial charge >= 0.3 is 0 Å². The van der Waals surface area contributed by atoms with Gasteiger partial charge in [-0.15, -0.1) is 0 Å². The summed E-state index contributed by atoms with van der Waals surface area (Å²) in [6.45, 7) is 1.84. The highest BCUT2D eigenvalue weighted by Crippen LogP contribution is 2.29. The zero-order chi connectivity index (χ0) is 30.8. The highest BCUT2D eigenvalue weighted by molar-refractivity contribution is 7.92. The number of rotatable bonds is 13. The van der Waals surface area contributed by atoms with Crippen LogP contribution in [0.1, 0.15) is 18.1 Å². The fourth-order valence-corrected chi connectivity index (χ4v) is 5.44. The van der Waals surface area contributed by atoms with Crippen molar-refractivity contribution in [2.75, 3.05) is 17.5 Å². The Kier molecular flexibility index (Phi) is 10.3. The van der Waals surface area contributed by atoms with Crippen LogP contribution in [0.5, 0.6) is 11.5 Å². The number of halogens is 1. The highest BCUT2D eigenvalue weighted by Gasteiger charge is 2.28. The lowest BCUT2D eigenvalue weighted by atomic mass is 10.2. The van der Waals surface area contributed by atoms with Crippen molar-refractivity contribution in [1.29, 1.82) is 0 Å². The molecule has 0 radical (unpaired) electrons. The molecule has 0 aliphatic heterocycles. The summed E-state index contributed by atoms with van der Waals surface area (Å²) in [5, 5.41) is 15.9. The molecular weight excluding hydrogens is 596 g/mol. The molecule has 13 heteroatoms. The summed E-state index contributed by atoms with van der Waals surface area (Å²) in [7, 11) is -4.25. The number of nitrogens with one attached hydrogen (secondary N) is 1. The van der Waals surface area contributed by atoms with Crippen LogP contribution in [0.25, 0.3) is 0 Å². The van der Waals surface area contributed by atoms with Gasteiger partial charge in [-0.1, -0.05) is 48.0 Å². The van der Waals surface area contributed by atoms with Crippen LogP contribution in [0.15, 0.2) is 107 Å². The number of nitro groups is 1. The second-order valence-electron chi connectivity index (χ2n) is 8.95. The molecule has 0 saturated heterocycles. The normalized spacial score (nSPS) is 11.2. The van der Waals surface area contributed by atoms with Crippen molar-refractivity contribution >= 4 is 45.1 Å². The Balaban J connectivity index is 1.49.